The van der Waals surface area contributed by atoms with E-state index in [0.717, 1.165) is 5.56 Å². The van der Waals surface area contributed by atoms with E-state index >= 15 is 0 Å². The van der Waals surface area contributed by atoms with E-state index < -0.39 is 29.6 Å². The number of hydrogen-bond donors (Lipinski definition) is 0. The molecule has 0 spiro atoms. The fourth-order valence-corrected chi connectivity index (χ4v) is 3.85. The Balaban J connectivity index is 2.51. The number of benzene rings is 1. The predicted molar refractivity (Wildman–Crippen MR) is 85.8 cm³/mol. The topological polar surface area (TPSA) is 46.6 Å². The van der Waals surface area contributed by atoms with E-state index in [9.17, 15) is 18.4 Å². The van der Waals surface area contributed by atoms with Crippen molar-refractivity contribution >= 4 is 33.5 Å². The second-order valence-corrected chi connectivity index (χ2v) is 6.80. The van der Waals surface area contributed by atoms with Crippen molar-refractivity contribution in [2.24, 2.45) is 0 Å². The van der Waals surface area contributed by atoms with Gasteiger partial charge < -0.3 is 9.64 Å². The Morgan fingerprint density at radius 1 is 1.43 bits per heavy atom. The van der Waals surface area contributed by atoms with Crippen LogP contribution in [0.15, 0.2) is 16.6 Å². The van der Waals surface area contributed by atoms with Crippen molar-refractivity contribution in [2.75, 3.05) is 18.6 Å². The molecule has 4 nitrogen and oxygen atoms in total. The van der Waals surface area contributed by atoms with Crippen molar-refractivity contribution < 1.29 is 23.1 Å². The predicted octanol–water partition coefficient (Wildman–Crippen LogP) is 3.58. The van der Waals surface area contributed by atoms with Gasteiger partial charge in [-0.25, -0.2) is 4.79 Å². The van der Waals surface area contributed by atoms with Crippen LogP contribution < -0.4 is 4.90 Å². The molecule has 0 saturated heterocycles. The summed E-state index contributed by atoms with van der Waals surface area (Å²) in [6, 6.07) is 3.53. The fraction of sp³-hybridized carbons (Fsp3) is 0.500. The lowest BCUT2D eigenvalue weighted by atomic mass is 9.78. The van der Waals surface area contributed by atoms with Gasteiger partial charge in [-0.05, 0) is 53.9 Å². The maximum Gasteiger partial charge on any atom is 0.377 e. The monoisotopic (exact) mass is 389 g/mol. The standard InChI is InChI=1S/C16H18BrF2NO3/c1-5-23-14(22)16(18,19)8-15(3)10-6-9(2)7-11(17)12(10)20(4)13(15)21/h6-7H,5,8H2,1-4H3. The molecule has 1 atom stereocenters. The minimum absolute atomic E-state index is 0.139. The Labute approximate surface area is 141 Å². The van der Waals surface area contributed by atoms with E-state index in [1.54, 1.807) is 6.07 Å². The van der Waals surface area contributed by atoms with Crippen LogP contribution in [-0.4, -0.2) is 31.5 Å². The molecule has 1 aliphatic rings. The molecule has 0 N–H and O–H groups in total. The van der Waals surface area contributed by atoms with Gasteiger partial charge in [0.15, 0.2) is 0 Å². The van der Waals surface area contributed by atoms with Crippen molar-refractivity contribution in [3.05, 3.63) is 27.7 Å². The molecule has 126 valence electrons. The van der Waals surface area contributed by atoms with E-state index in [1.165, 1.54) is 25.8 Å². The number of ether oxygens (including phenoxy) is 1. The molecular formula is C16H18BrF2NO3. The molecule has 1 unspecified atom stereocenters. The van der Waals surface area contributed by atoms with Crippen LogP contribution in [0.2, 0.25) is 0 Å². The summed E-state index contributed by atoms with van der Waals surface area (Å²) in [4.78, 5) is 25.5. The molecule has 1 aromatic rings. The smallest absolute Gasteiger partial charge is 0.377 e. The normalized spacial score (nSPS) is 20.7. The molecule has 0 aromatic heterocycles. The molecule has 2 rings (SSSR count). The Hall–Kier alpha value is -1.50. The minimum atomic E-state index is -3.74. The van der Waals surface area contributed by atoms with Gasteiger partial charge >= 0.3 is 11.9 Å². The summed E-state index contributed by atoms with van der Waals surface area (Å²) in [5.74, 6) is -5.81. The van der Waals surface area contributed by atoms with E-state index in [-0.39, 0.29) is 6.61 Å². The van der Waals surface area contributed by atoms with Gasteiger partial charge in [0.1, 0.15) is 0 Å². The van der Waals surface area contributed by atoms with Gasteiger partial charge in [0.25, 0.3) is 0 Å². The number of amides is 1. The van der Waals surface area contributed by atoms with Gasteiger partial charge in [0, 0.05) is 17.9 Å². The molecule has 0 fully saturated rings. The van der Waals surface area contributed by atoms with Crippen LogP contribution in [0.25, 0.3) is 0 Å². The number of fused-ring (bicyclic) bond motifs is 1. The van der Waals surface area contributed by atoms with E-state index in [4.69, 9.17) is 0 Å². The van der Waals surface area contributed by atoms with Gasteiger partial charge in [-0.1, -0.05) is 6.07 Å². The number of carbonyl (C=O) groups is 2. The minimum Gasteiger partial charge on any atom is -0.462 e. The van der Waals surface area contributed by atoms with Gasteiger partial charge in [-0.2, -0.15) is 8.78 Å². The Kier molecular flexibility index (Phi) is 4.54. The SMILES string of the molecule is CCOC(=O)C(F)(F)CC1(C)C(=O)N(C)c2c(Br)cc(C)cc21. The fourth-order valence-electron chi connectivity index (χ4n) is 3.01. The van der Waals surface area contributed by atoms with Crippen LogP contribution in [0.4, 0.5) is 14.5 Å². The first-order valence-corrected chi connectivity index (χ1v) is 7.97. The molecular weight excluding hydrogens is 372 g/mol. The quantitative estimate of drug-likeness (QED) is 0.739. The van der Waals surface area contributed by atoms with E-state index in [2.05, 4.69) is 20.7 Å². The molecule has 1 aromatic carbocycles. The second kappa shape index (κ2) is 5.85. The molecule has 23 heavy (non-hydrogen) atoms. The zero-order chi connectivity index (χ0) is 17.6. The summed E-state index contributed by atoms with van der Waals surface area (Å²) in [6.07, 6.45) is -0.926. The summed E-state index contributed by atoms with van der Waals surface area (Å²) >= 11 is 3.38. The third-order valence-corrected chi connectivity index (χ3v) is 4.67. The highest BCUT2D eigenvalue weighted by Gasteiger charge is 2.55. The lowest BCUT2D eigenvalue weighted by Gasteiger charge is -2.27. The highest BCUT2D eigenvalue weighted by Crippen LogP contribution is 2.49. The molecule has 0 bridgehead atoms. The van der Waals surface area contributed by atoms with Crippen LogP contribution in [0.3, 0.4) is 0 Å². The number of nitrogens with zero attached hydrogens (tertiary/aromatic N) is 1. The van der Waals surface area contributed by atoms with E-state index in [0.29, 0.717) is 15.7 Å². The zero-order valence-corrected chi connectivity index (χ0v) is 15.0. The van der Waals surface area contributed by atoms with Gasteiger partial charge in [-0.15, -0.1) is 0 Å². The number of alkyl halides is 2. The van der Waals surface area contributed by atoms with Gasteiger partial charge in [0.05, 0.1) is 17.7 Å². The number of rotatable bonds is 4. The molecule has 1 amide bonds. The molecule has 0 radical (unpaired) electrons. The number of hydrogen-bond acceptors (Lipinski definition) is 3. The average molecular weight is 390 g/mol. The van der Waals surface area contributed by atoms with Gasteiger partial charge in [0.2, 0.25) is 5.91 Å². The highest BCUT2D eigenvalue weighted by atomic mass is 79.9. The van der Waals surface area contributed by atoms with Crippen molar-refractivity contribution in [3.8, 4) is 0 Å². The molecule has 1 heterocycles. The number of halogens is 3. The third kappa shape index (κ3) is 2.86. The van der Waals surface area contributed by atoms with Crippen LogP contribution in [0.5, 0.6) is 0 Å². The van der Waals surface area contributed by atoms with Crippen LogP contribution in [-0.2, 0) is 19.7 Å². The van der Waals surface area contributed by atoms with E-state index in [1.807, 2.05) is 13.0 Å². The molecule has 0 aliphatic carbocycles. The highest BCUT2D eigenvalue weighted by molar-refractivity contribution is 9.10. The lowest BCUT2D eigenvalue weighted by Crippen LogP contribution is -2.44. The largest absolute Gasteiger partial charge is 0.462 e. The maximum atomic E-state index is 14.2. The number of aryl methyl sites for hydroxylation is 1. The summed E-state index contributed by atoms with van der Waals surface area (Å²) in [5, 5.41) is 0. The van der Waals surface area contributed by atoms with Crippen LogP contribution >= 0.6 is 15.9 Å². The van der Waals surface area contributed by atoms with Gasteiger partial charge in [-0.3, -0.25) is 4.79 Å². The second-order valence-electron chi connectivity index (χ2n) is 5.94. The Morgan fingerprint density at radius 2 is 2.04 bits per heavy atom. The zero-order valence-electron chi connectivity index (χ0n) is 13.4. The van der Waals surface area contributed by atoms with Crippen molar-refractivity contribution in [3.63, 3.8) is 0 Å². The number of esters is 1. The first-order valence-electron chi connectivity index (χ1n) is 7.18. The maximum absolute atomic E-state index is 14.2. The lowest BCUT2D eigenvalue weighted by molar-refractivity contribution is -0.174. The first kappa shape index (κ1) is 17.8. The summed E-state index contributed by atoms with van der Waals surface area (Å²) < 4.78 is 33.6. The van der Waals surface area contributed by atoms with Crippen molar-refractivity contribution in [2.45, 2.75) is 38.5 Å². The number of carbonyl (C=O) groups excluding carboxylic acids is 2. The number of likely N-dealkylation sites (N-methyl/N-ethyl adjacent to an activating group) is 1. The first-order chi connectivity index (χ1) is 10.5. The molecule has 7 heteroatoms. The summed E-state index contributed by atoms with van der Waals surface area (Å²) in [6.45, 7) is 4.58. The van der Waals surface area contributed by atoms with Crippen LogP contribution in [0, 0.1) is 6.92 Å². The van der Waals surface area contributed by atoms with Crippen molar-refractivity contribution in [1.82, 2.24) is 0 Å². The summed E-state index contributed by atoms with van der Waals surface area (Å²) in [7, 11) is 1.54. The number of anilines is 1. The Morgan fingerprint density at radius 3 is 2.61 bits per heavy atom. The summed E-state index contributed by atoms with van der Waals surface area (Å²) in [5.41, 5.74) is 0.391. The molecule has 1 aliphatic heterocycles. The molecule has 0 saturated carbocycles. The van der Waals surface area contributed by atoms with Crippen LogP contribution in [0.1, 0.15) is 31.4 Å². The average Bonchev–Trinajstić information content (AvgIpc) is 2.61. The van der Waals surface area contributed by atoms with Crippen molar-refractivity contribution in [1.29, 1.82) is 0 Å². The Bertz CT molecular complexity index is 678. The third-order valence-electron chi connectivity index (χ3n) is 4.06.